The number of nitrogen functional groups attached to an aromatic ring is 1. The number of aromatic nitrogens is 2. The van der Waals surface area contributed by atoms with E-state index in [1.165, 1.54) is 6.33 Å². The Morgan fingerprint density at radius 2 is 1.92 bits per heavy atom. The number of anilines is 1. The lowest BCUT2D eigenvalue weighted by Crippen LogP contribution is -1.99. The first-order chi connectivity index (χ1) is 5.75. The maximum atomic E-state index is 5.55. The first-order valence-electron chi connectivity index (χ1n) is 4.31. The van der Waals surface area contributed by atoms with Crippen LogP contribution < -0.4 is 5.73 Å². The molecule has 1 rings (SSSR count). The van der Waals surface area contributed by atoms with Crippen molar-refractivity contribution in [2.24, 2.45) is 0 Å². The van der Waals surface area contributed by atoms with E-state index in [0.717, 1.165) is 17.7 Å². The van der Waals surface area contributed by atoms with Gasteiger partial charge in [-0.2, -0.15) is 0 Å². The maximum absolute atomic E-state index is 5.55. The summed E-state index contributed by atoms with van der Waals surface area (Å²) in [4.78, 5) is 7.92. The normalized spacial score (nSPS) is 8.67. The summed E-state index contributed by atoms with van der Waals surface area (Å²) >= 11 is 0. The van der Waals surface area contributed by atoms with Gasteiger partial charge >= 0.3 is 0 Å². The molecule has 0 aliphatic heterocycles. The molecule has 0 aliphatic carbocycles. The molecule has 3 heteroatoms. The summed E-state index contributed by atoms with van der Waals surface area (Å²) in [7, 11) is 0. The highest BCUT2D eigenvalue weighted by atomic mass is 14.9. The topological polar surface area (TPSA) is 51.8 Å². The Balaban J connectivity index is 0.000000561. The van der Waals surface area contributed by atoms with Crippen molar-refractivity contribution in [2.45, 2.75) is 34.1 Å². The van der Waals surface area contributed by atoms with E-state index in [0.29, 0.717) is 5.82 Å². The molecule has 1 heterocycles. The average Bonchev–Trinajstić information content (AvgIpc) is 2.13. The zero-order chi connectivity index (χ0) is 9.56. The number of hydrogen-bond donors (Lipinski definition) is 1. The number of hydrogen-bond acceptors (Lipinski definition) is 3. The fraction of sp³-hybridized carbons (Fsp3) is 0.556. The van der Waals surface area contributed by atoms with Crippen LogP contribution in [0.1, 0.15) is 32.0 Å². The zero-order valence-corrected chi connectivity index (χ0v) is 8.26. The van der Waals surface area contributed by atoms with E-state index < -0.39 is 0 Å². The van der Waals surface area contributed by atoms with Crippen molar-refractivity contribution >= 4 is 5.82 Å². The van der Waals surface area contributed by atoms with E-state index in [4.69, 9.17) is 5.73 Å². The van der Waals surface area contributed by atoms with Crippen LogP contribution in [0.4, 0.5) is 5.82 Å². The Hall–Kier alpha value is -1.12. The third kappa shape index (κ3) is 2.49. The highest BCUT2D eigenvalue weighted by Crippen LogP contribution is 2.09. The van der Waals surface area contributed by atoms with Crippen molar-refractivity contribution in [2.75, 3.05) is 5.73 Å². The summed E-state index contributed by atoms with van der Waals surface area (Å²) in [5.74, 6) is 0.590. The molecule has 0 bridgehead atoms. The van der Waals surface area contributed by atoms with Gasteiger partial charge in [0.25, 0.3) is 0 Å². The van der Waals surface area contributed by atoms with E-state index in [9.17, 15) is 0 Å². The van der Waals surface area contributed by atoms with Crippen LogP contribution in [0.5, 0.6) is 0 Å². The minimum Gasteiger partial charge on any atom is -0.383 e. The van der Waals surface area contributed by atoms with E-state index in [1.54, 1.807) is 0 Å². The molecule has 0 aliphatic rings. The summed E-state index contributed by atoms with van der Waals surface area (Å²) in [6.45, 7) is 7.99. The summed E-state index contributed by atoms with van der Waals surface area (Å²) in [5, 5.41) is 0. The lowest BCUT2D eigenvalue weighted by atomic mass is 10.2. The molecule has 3 nitrogen and oxygen atoms in total. The van der Waals surface area contributed by atoms with E-state index in [-0.39, 0.29) is 0 Å². The molecule has 0 saturated heterocycles. The maximum Gasteiger partial charge on any atom is 0.129 e. The summed E-state index contributed by atoms with van der Waals surface area (Å²) in [6, 6.07) is 0. The van der Waals surface area contributed by atoms with Gasteiger partial charge in [0.1, 0.15) is 12.1 Å². The molecule has 0 unspecified atom stereocenters. The lowest BCUT2D eigenvalue weighted by Gasteiger charge is -2.01. The van der Waals surface area contributed by atoms with Crippen molar-refractivity contribution in [1.29, 1.82) is 0 Å². The molecule has 1 aromatic heterocycles. The smallest absolute Gasteiger partial charge is 0.129 e. The molecule has 12 heavy (non-hydrogen) atoms. The van der Waals surface area contributed by atoms with Gasteiger partial charge in [-0.3, -0.25) is 0 Å². The molecule has 68 valence electrons. The van der Waals surface area contributed by atoms with Crippen LogP contribution in [-0.4, -0.2) is 9.97 Å². The molecule has 1 aromatic rings. The summed E-state index contributed by atoms with van der Waals surface area (Å²) in [5.41, 5.74) is 7.58. The highest BCUT2D eigenvalue weighted by Gasteiger charge is 1.99. The molecule has 0 amide bonds. The average molecular weight is 167 g/mol. The number of nitrogens with two attached hydrogens (primary N) is 1. The fourth-order valence-corrected chi connectivity index (χ4v) is 0.859. The Labute approximate surface area is 74.0 Å². The molecular formula is C9H17N3. The van der Waals surface area contributed by atoms with Gasteiger partial charge in [0.05, 0.1) is 0 Å². The Morgan fingerprint density at radius 1 is 1.33 bits per heavy atom. The van der Waals surface area contributed by atoms with Gasteiger partial charge in [0.15, 0.2) is 0 Å². The van der Waals surface area contributed by atoms with Crippen LogP contribution in [0.2, 0.25) is 0 Å². The van der Waals surface area contributed by atoms with E-state index >= 15 is 0 Å². The van der Waals surface area contributed by atoms with Gasteiger partial charge in [-0.1, -0.05) is 20.8 Å². The number of rotatable bonds is 1. The van der Waals surface area contributed by atoms with Gasteiger partial charge in [-0.15, -0.1) is 0 Å². The van der Waals surface area contributed by atoms with E-state index in [2.05, 4.69) is 16.9 Å². The van der Waals surface area contributed by atoms with Gasteiger partial charge in [-0.25, -0.2) is 9.97 Å². The monoisotopic (exact) mass is 167 g/mol. The van der Waals surface area contributed by atoms with Crippen molar-refractivity contribution in [1.82, 2.24) is 9.97 Å². The molecule has 0 atom stereocenters. The lowest BCUT2D eigenvalue weighted by molar-refractivity contribution is 0.975. The molecule has 0 aromatic carbocycles. The van der Waals surface area contributed by atoms with Crippen LogP contribution in [0.25, 0.3) is 0 Å². The Kier molecular flexibility index (Phi) is 5.00. The van der Waals surface area contributed by atoms with Crippen LogP contribution in [0.15, 0.2) is 6.33 Å². The largest absolute Gasteiger partial charge is 0.383 e. The van der Waals surface area contributed by atoms with Crippen LogP contribution in [0, 0.1) is 6.92 Å². The van der Waals surface area contributed by atoms with Crippen molar-refractivity contribution in [3.05, 3.63) is 17.6 Å². The summed E-state index contributed by atoms with van der Waals surface area (Å²) in [6.07, 6.45) is 2.42. The summed E-state index contributed by atoms with van der Waals surface area (Å²) < 4.78 is 0. The predicted octanol–water partition coefficient (Wildman–Crippen LogP) is 1.96. The van der Waals surface area contributed by atoms with Crippen LogP contribution >= 0.6 is 0 Å². The van der Waals surface area contributed by atoms with Gasteiger partial charge in [0.2, 0.25) is 0 Å². The third-order valence-electron chi connectivity index (χ3n) is 1.56. The first kappa shape index (κ1) is 10.9. The molecule has 2 N–H and O–H groups in total. The fourth-order valence-electron chi connectivity index (χ4n) is 0.859. The highest BCUT2D eigenvalue weighted by molar-refractivity contribution is 5.39. The minimum atomic E-state index is 0.590. The van der Waals surface area contributed by atoms with E-state index in [1.807, 2.05) is 20.8 Å². The van der Waals surface area contributed by atoms with Crippen LogP contribution in [0.3, 0.4) is 0 Å². The van der Waals surface area contributed by atoms with Crippen molar-refractivity contribution in [3.63, 3.8) is 0 Å². The molecule has 0 radical (unpaired) electrons. The molecule has 0 saturated carbocycles. The standard InChI is InChI=1S/C7H11N3.C2H6/c1-3-6-5(2)7(8)10-4-9-6;1-2/h4H,3H2,1-2H3,(H2,8,9,10);1-2H3. The number of nitrogens with zero attached hydrogens (tertiary/aromatic N) is 2. The minimum absolute atomic E-state index is 0.590. The first-order valence-corrected chi connectivity index (χ1v) is 4.31. The Bertz CT molecular complexity index is 233. The number of aryl methyl sites for hydroxylation is 1. The van der Waals surface area contributed by atoms with Gasteiger partial charge in [0, 0.05) is 11.3 Å². The predicted molar refractivity (Wildman–Crippen MR) is 51.9 cm³/mol. The van der Waals surface area contributed by atoms with Gasteiger partial charge < -0.3 is 5.73 Å². The van der Waals surface area contributed by atoms with Crippen molar-refractivity contribution in [3.8, 4) is 0 Å². The molecular weight excluding hydrogens is 150 g/mol. The second-order valence-corrected chi connectivity index (χ2v) is 2.18. The quantitative estimate of drug-likeness (QED) is 0.695. The van der Waals surface area contributed by atoms with Crippen LogP contribution in [-0.2, 0) is 6.42 Å². The zero-order valence-electron chi connectivity index (χ0n) is 8.26. The van der Waals surface area contributed by atoms with Gasteiger partial charge in [-0.05, 0) is 13.3 Å². The second kappa shape index (κ2) is 5.52. The molecule has 0 fully saturated rings. The molecule has 0 spiro atoms. The SMILES string of the molecule is CC.CCc1ncnc(N)c1C. The van der Waals surface area contributed by atoms with Crippen molar-refractivity contribution < 1.29 is 0 Å². The second-order valence-electron chi connectivity index (χ2n) is 2.18. The third-order valence-corrected chi connectivity index (χ3v) is 1.56. The Morgan fingerprint density at radius 3 is 2.33 bits per heavy atom.